The lowest BCUT2D eigenvalue weighted by Crippen LogP contribution is -2.62. The van der Waals surface area contributed by atoms with E-state index in [9.17, 15) is 25.5 Å². The van der Waals surface area contributed by atoms with E-state index < -0.39 is 65.7 Å². The first-order chi connectivity index (χ1) is 16.6. The molecule has 0 saturated carbocycles. The van der Waals surface area contributed by atoms with Crippen molar-refractivity contribution in [1.29, 1.82) is 0 Å². The van der Waals surface area contributed by atoms with Crippen molar-refractivity contribution in [3.63, 3.8) is 0 Å². The Hall–Kier alpha value is 0.140. The highest BCUT2D eigenvalue weighted by atomic mass is 32.2. The van der Waals surface area contributed by atoms with Gasteiger partial charge < -0.3 is 51.0 Å². The molecule has 0 aliphatic carbocycles. The molecule has 16 heteroatoms. The zero-order valence-corrected chi connectivity index (χ0v) is 21.7. The van der Waals surface area contributed by atoms with Crippen molar-refractivity contribution < 1.29 is 59.8 Å². The maximum atomic E-state index is 9.77. The number of aliphatic hydroxyl groups is 7. The van der Waals surface area contributed by atoms with Gasteiger partial charge in [-0.3, -0.25) is 4.84 Å². The average Bonchev–Trinajstić information content (AvgIpc) is 3.29. The van der Waals surface area contributed by atoms with Crippen LogP contribution >= 0.6 is 23.5 Å². The van der Waals surface area contributed by atoms with Gasteiger partial charge in [-0.2, -0.15) is 5.48 Å². The second-order valence-corrected chi connectivity index (χ2v) is 9.64. The Kier molecular flexibility index (Phi) is 16.0. The highest BCUT2D eigenvalue weighted by Gasteiger charge is 2.51. The number of hydroxylamine groups is 1. The summed E-state index contributed by atoms with van der Waals surface area (Å²) in [5.41, 5.74) is 6.98. The summed E-state index contributed by atoms with van der Waals surface area (Å²) >= 11 is 2.53. The molecule has 3 aliphatic rings. The Morgan fingerprint density at radius 1 is 0.886 bits per heavy atom. The Bertz CT molecular complexity index is 564. The van der Waals surface area contributed by atoms with Gasteiger partial charge in [0.25, 0.3) is 0 Å². The van der Waals surface area contributed by atoms with Crippen molar-refractivity contribution >= 4 is 23.5 Å². The number of aliphatic hydroxyl groups excluding tert-OH is 7. The Morgan fingerprint density at radius 2 is 1.46 bits per heavy atom. The predicted octanol–water partition coefficient (Wildman–Crippen LogP) is -3.88. The lowest BCUT2D eigenvalue weighted by atomic mass is 9.95. The van der Waals surface area contributed by atoms with Crippen LogP contribution in [-0.4, -0.2) is 147 Å². The number of ether oxygens (including phenoxy) is 2. The van der Waals surface area contributed by atoms with Crippen molar-refractivity contribution in [3.8, 4) is 0 Å². The van der Waals surface area contributed by atoms with E-state index in [4.69, 9.17) is 30.3 Å². The molecular weight excluding hydrogens is 512 g/mol. The second kappa shape index (κ2) is 16.9. The van der Waals surface area contributed by atoms with Gasteiger partial charge in [0.15, 0.2) is 0 Å². The molecule has 0 aromatic heterocycles. The first-order valence-electron chi connectivity index (χ1n) is 10.9. The number of fused-ring (bicyclic) bond motifs is 1. The number of hydrogen-bond acceptors (Lipinski definition) is 16. The fourth-order valence-corrected chi connectivity index (χ4v) is 4.89. The molecule has 35 heavy (non-hydrogen) atoms. The van der Waals surface area contributed by atoms with Crippen LogP contribution < -0.4 is 11.2 Å². The van der Waals surface area contributed by atoms with Gasteiger partial charge >= 0.3 is 0 Å². The molecule has 3 fully saturated rings. The van der Waals surface area contributed by atoms with Gasteiger partial charge in [0.2, 0.25) is 0 Å². The summed E-state index contributed by atoms with van der Waals surface area (Å²) in [5, 5.41) is 66.0. The molecule has 3 heterocycles. The molecule has 0 bridgehead atoms. The smallest absolute Gasteiger partial charge is 0.135 e. The number of nitrogens with two attached hydrogens (primary N) is 1. The van der Waals surface area contributed by atoms with E-state index in [1.54, 1.807) is 12.5 Å². The third-order valence-electron chi connectivity index (χ3n) is 5.47. The van der Waals surface area contributed by atoms with Crippen LogP contribution in [0.5, 0.6) is 0 Å². The number of nitrogens with one attached hydrogen (secondary N) is 1. The molecule has 210 valence electrons. The minimum absolute atomic E-state index is 0.134. The van der Waals surface area contributed by atoms with E-state index in [0.717, 1.165) is 0 Å². The van der Waals surface area contributed by atoms with E-state index in [0.29, 0.717) is 6.61 Å². The predicted molar refractivity (Wildman–Crippen MR) is 127 cm³/mol. The van der Waals surface area contributed by atoms with Gasteiger partial charge in [0, 0.05) is 0 Å². The van der Waals surface area contributed by atoms with Crippen LogP contribution in [0, 0.1) is 0 Å². The topological polar surface area (TPSA) is 226 Å². The molecule has 0 radical (unpaired) electrons. The monoisotopic (exact) mass is 552 g/mol. The van der Waals surface area contributed by atoms with E-state index in [2.05, 4.69) is 15.3 Å². The normalized spacial score (nSPS) is 41.7. The van der Waals surface area contributed by atoms with Crippen molar-refractivity contribution in [2.45, 2.75) is 78.7 Å². The molecule has 4 unspecified atom stereocenters. The summed E-state index contributed by atoms with van der Waals surface area (Å²) in [6.07, 6.45) is -4.14. The van der Waals surface area contributed by atoms with Crippen LogP contribution in [0.15, 0.2) is 0 Å². The molecular formula is C19H40N2O12S2. The lowest BCUT2D eigenvalue weighted by molar-refractivity contribution is -0.268. The van der Waals surface area contributed by atoms with Gasteiger partial charge in [-0.05, 0) is 19.4 Å². The van der Waals surface area contributed by atoms with Crippen LogP contribution in [0.25, 0.3) is 0 Å². The minimum atomic E-state index is -1.31. The Morgan fingerprint density at radius 3 is 1.91 bits per heavy atom. The minimum Gasteiger partial charge on any atom is -0.395 e. The maximum absolute atomic E-state index is 9.77. The molecule has 12 atom stereocenters. The van der Waals surface area contributed by atoms with E-state index in [1.165, 1.54) is 30.6 Å². The summed E-state index contributed by atoms with van der Waals surface area (Å²) in [4.78, 5) is 13.6. The quantitative estimate of drug-likeness (QED) is 0.109. The highest BCUT2D eigenvalue weighted by molar-refractivity contribution is 7.99. The number of hydrogen-bond donors (Lipinski definition) is 9. The Balaban J connectivity index is 0.000000295. The number of thioether (sulfide) groups is 2. The second-order valence-electron chi connectivity index (χ2n) is 7.77. The summed E-state index contributed by atoms with van der Waals surface area (Å²) in [6.45, 7) is 2.00. The summed E-state index contributed by atoms with van der Waals surface area (Å²) < 4.78 is 10.9. The van der Waals surface area contributed by atoms with Crippen LogP contribution in [0.1, 0.15) is 6.92 Å². The number of rotatable bonds is 7. The highest BCUT2D eigenvalue weighted by Crippen LogP contribution is 2.32. The van der Waals surface area contributed by atoms with Crippen molar-refractivity contribution in [2.75, 3.05) is 39.4 Å². The molecule has 3 aliphatic heterocycles. The molecule has 3 rings (SSSR count). The molecule has 10 N–H and O–H groups in total. The Labute approximate surface area is 212 Å². The fraction of sp³-hybridized carbons (Fsp3) is 1.00. The first kappa shape index (κ1) is 33.2. The van der Waals surface area contributed by atoms with Gasteiger partial charge in [-0.15, -0.1) is 23.5 Å². The summed E-state index contributed by atoms with van der Waals surface area (Å²) in [7, 11) is 1.49. The van der Waals surface area contributed by atoms with Crippen molar-refractivity contribution in [2.24, 2.45) is 5.73 Å². The summed E-state index contributed by atoms with van der Waals surface area (Å²) in [5.74, 6) is 0. The molecule has 0 amide bonds. The fourth-order valence-electron chi connectivity index (χ4n) is 3.54. The third kappa shape index (κ3) is 8.85. The lowest BCUT2D eigenvalue weighted by Gasteiger charge is -2.41. The zero-order chi connectivity index (χ0) is 26.7. The van der Waals surface area contributed by atoms with Crippen LogP contribution in [0.3, 0.4) is 0 Å². The van der Waals surface area contributed by atoms with Crippen molar-refractivity contribution in [1.82, 2.24) is 5.48 Å². The van der Waals surface area contributed by atoms with Crippen LogP contribution in [0.2, 0.25) is 0 Å². The van der Waals surface area contributed by atoms with E-state index in [1.807, 2.05) is 6.92 Å². The zero-order valence-electron chi connectivity index (χ0n) is 20.1. The van der Waals surface area contributed by atoms with Gasteiger partial charge in [0.05, 0.1) is 39.0 Å². The maximum Gasteiger partial charge on any atom is 0.135 e. The molecule has 3 saturated heterocycles. The average molecular weight is 553 g/mol. The van der Waals surface area contributed by atoms with E-state index >= 15 is 0 Å². The summed E-state index contributed by atoms with van der Waals surface area (Å²) in [6, 6.07) is -1.14. The van der Waals surface area contributed by atoms with E-state index in [-0.39, 0.29) is 19.3 Å². The van der Waals surface area contributed by atoms with Gasteiger partial charge in [-0.1, -0.05) is 0 Å². The van der Waals surface area contributed by atoms with Gasteiger partial charge in [0.1, 0.15) is 59.7 Å². The van der Waals surface area contributed by atoms with Crippen molar-refractivity contribution in [3.05, 3.63) is 0 Å². The van der Waals surface area contributed by atoms with Crippen LogP contribution in [0.4, 0.5) is 0 Å². The third-order valence-corrected chi connectivity index (χ3v) is 7.18. The molecule has 0 aromatic rings. The first-order valence-corrected chi connectivity index (χ1v) is 13.5. The SMILES string of the molecule is CCOOC.CSC1O[C@H]([C@H](N)CO)C(O)[C@@H](O)[C@H]1O.CSC1O[C@H]2C(ON[C@@H]2CO)[C@@H](O)[C@H]1O. The molecule has 14 nitrogen and oxygen atoms in total. The molecule has 0 aromatic carbocycles. The standard InChI is InChI=1S/C8H15NO5S.C8H17NO5S.C3H8O2/c1-15-8-5(12)4(11)7-6(13-8)3(2-10)9-14-7;1-15-8-6(13)4(11)5(12)7(14-8)3(9)2-10;1-3-5-4-2/h3-12H,2H2,1H3;3-8,10-13H,2,9H2,1H3;3H2,1-2H3/t3-,4+,5-,6-,7?,8?;3-,4-,5?,6-,7-,8?;/m11./s1. The largest absolute Gasteiger partial charge is 0.395 e. The molecule has 0 spiro atoms. The van der Waals surface area contributed by atoms with Crippen LogP contribution in [-0.2, 0) is 24.1 Å². The van der Waals surface area contributed by atoms with Gasteiger partial charge in [-0.25, -0.2) is 9.78 Å².